The van der Waals surface area contributed by atoms with Crippen LogP contribution in [0.3, 0.4) is 0 Å². The Morgan fingerprint density at radius 1 is 1.38 bits per heavy atom. The van der Waals surface area contributed by atoms with Crippen LogP contribution in [-0.4, -0.2) is 5.54 Å². The lowest BCUT2D eigenvalue weighted by Crippen LogP contribution is -2.49. The number of halogens is 1. The van der Waals surface area contributed by atoms with Gasteiger partial charge >= 0.3 is 0 Å². The van der Waals surface area contributed by atoms with Crippen LogP contribution in [0.15, 0.2) is 18.2 Å². The van der Waals surface area contributed by atoms with E-state index in [9.17, 15) is 4.39 Å². The number of rotatable bonds is 4. The van der Waals surface area contributed by atoms with E-state index in [1.165, 1.54) is 19.3 Å². The lowest BCUT2D eigenvalue weighted by Gasteiger charge is -2.42. The third-order valence-corrected chi connectivity index (χ3v) is 3.84. The first-order valence-electron chi connectivity index (χ1n) is 6.15. The summed E-state index contributed by atoms with van der Waals surface area (Å²) in [6, 6.07) is 5.31. The first-order valence-corrected chi connectivity index (χ1v) is 6.15. The number of hydrogen-bond acceptors (Lipinski definition) is 1. The molecule has 2 heteroatoms. The Labute approximate surface area is 97.1 Å². The van der Waals surface area contributed by atoms with E-state index in [0.29, 0.717) is 6.54 Å². The molecule has 2 rings (SSSR count). The minimum atomic E-state index is -0.0938. The van der Waals surface area contributed by atoms with Gasteiger partial charge in [-0.3, -0.25) is 0 Å². The van der Waals surface area contributed by atoms with Gasteiger partial charge < -0.3 is 5.32 Å². The molecule has 88 valence electrons. The highest BCUT2D eigenvalue weighted by Gasteiger charge is 2.34. The van der Waals surface area contributed by atoms with Crippen molar-refractivity contribution in [3.63, 3.8) is 0 Å². The molecule has 1 aromatic carbocycles. The second-order valence-electron chi connectivity index (χ2n) is 4.94. The molecule has 1 fully saturated rings. The minimum Gasteiger partial charge on any atom is -0.307 e. The molecule has 0 saturated heterocycles. The van der Waals surface area contributed by atoms with Crippen LogP contribution in [0.5, 0.6) is 0 Å². The summed E-state index contributed by atoms with van der Waals surface area (Å²) in [5, 5.41) is 3.53. The lowest BCUT2D eigenvalue weighted by molar-refractivity contribution is 0.175. The van der Waals surface area contributed by atoms with Crippen LogP contribution >= 0.6 is 0 Å². The summed E-state index contributed by atoms with van der Waals surface area (Å²) in [7, 11) is 0. The number of hydrogen-bond donors (Lipinski definition) is 1. The van der Waals surface area contributed by atoms with E-state index < -0.39 is 0 Å². The highest BCUT2D eigenvalue weighted by atomic mass is 19.1. The van der Waals surface area contributed by atoms with Gasteiger partial charge in [-0.05, 0) is 38.7 Å². The fourth-order valence-corrected chi connectivity index (χ4v) is 2.38. The predicted molar refractivity (Wildman–Crippen MR) is 64.8 cm³/mol. The minimum absolute atomic E-state index is 0.0938. The fourth-order valence-electron chi connectivity index (χ4n) is 2.38. The second kappa shape index (κ2) is 4.54. The number of aryl methyl sites for hydroxylation is 1. The van der Waals surface area contributed by atoms with Gasteiger partial charge in [0.25, 0.3) is 0 Å². The van der Waals surface area contributed by atoms with Gasteiger partial charge in [0.1, 0.15) is 5.82 Å². The second-order valence-corrected chi connectivity index (χ2v) is 4.94. The predicted octanol–water partition coefficient (Wildman–Crippen LogP) is 3.56. The van der Waals surface area contributed by atoms with Gasteiger partial charge in [0, 0.05) is 17.6 Å². The zero-order valence-electron chi connectivity index (χ0n) is 10.1. The van der Waals surface area contributed by atoms with Crippen molar-refractivity contribution in [3.05, 3.63) is 35.1 Å². The fraction of sp³-hybridized carbons (Fsp3) is 0.571. The van der Waals surface area contributed by atoms with E-state index in [0.717, 1.165) is 17.5 Å². The first kappa shape index (κ1) is 11.6. The number of nitrogens with one attached hydrogen (secondary N) is 1. The van der Waals surface area contributed by atoms with E-state index in [1.807, 2.05) is 19.1 Å². The largest absolute Gasteiger partial charge is 0.307 e. The van der Waals surface area contributed by atoms with Gasteiger partial charge in [-0.1, -0.05) is 24.6 Å². The van der Waals surface area contributed by atoms with Crippen LogP contribution in [0.2, 0.25) is 0 Å². The number of benzene rings is 1. The van der Waals surface area contributed by atoms with Crippen LogP contribution in [0.1, 0.15) is 43.7 Å². The smallest absolute Gasteiger partial charge is 0.127 e. The maximum Gasteiger partial charge on any atom is 0.127 e. The molecule has 0 amide bonds. The van der Waals surface area contributed by atoms with Crippen LogP contribution < -0.4 is 5.32 Å². The Hall–Kier alpha value is -0.890. The summed E-state index contributed by atoms with van der Waals surface area (Å²) in [5.41, 5.74) is 2.20. The molecule has 1 aliphatic carbocycles. The molecule has 1 N–H and O–H groups in total. The third-order valence-electron chi connectivity index (χ3n) is 3.84. The normalized spacial score (nSPS) is 18.2. The molecule has 0 spiro atoms. The van der Waals surface area contributed by atoms with Gasteiger partial charge in [0.05, 0.1) is 0 Å². The van der Waals surface area contributed by atoms with Gasteiger partial charge in [0.2, 0.25) is 0 Å². The van der Waals surface area contributed by atoms with Gasteiger partial charge in [-0.25, -0.2) is 4.39 Å². The average Bonchev–Trinajstić information content (AvgIpc) is 2.22. The van der Waals surface area contributed by atoms with Crippen LogP contribution in [0, 0.1) is 12.7 Å². The maximum absolute atomic E-state index is 13.5. The van der Waals surface area contributed by atoms with Crippen LogP contribution in [-0.2, 0) is 6.54 Å². The van der Waals surface area contributed by atoms with Crippen LogP contribution in [0.4, 0.5) is 4.39 Å². The molecule has 0 radical (unpaired) electrons. The van der Waals surface area contributed by atoms with Crippen molar-refractivity contribution in [2.24, 2.45) is 0 Å². The maximum atomic E-state index is 13.5. The van der Waals surface area contributed by atoms with Crippen molar-refractivity contribution >= 4 is 0 Å². The summed E-state index contributed by atoms with van der Waals surface area (Å²) in [5.74, 6) is -0.0938. The Balaban J connectivity index is 2.01. The SMILES string of the molecule is CCC1(NCc2cc(C)ccc2F)CCC1. The Morgan fingerprint density at radius 2 is 2.12 bits per heavy atom. The van der Waals surface area contributed by atoms with Gasteiger partial charge in [-0.2, -0.15) is 0 Å². The average molecular weight is 221 g/mol. The molecule has 1 saturated carbocycles. The van der Waals surface area contributed by atoms with E-state index >= 15 is 0 Å². The summed E-state index contributed by atoms with van der Waals surface area (Å²) >= 11 is 0. The van der Waals surface area contributed by atoms with E-state index in [1.54, 1.807) is 6.07 Å². The van der Waals surface area contributed by atoms with E-state index in [4.69, 9.17) is 0 Å². The Kier molecular flexibility index (Phi) is 3.29. The molecular weight excluding hydrogens is 201 g/mol. The molecule has 0 bridgehead atoms. The molecule has 0 heterocycles. The van der Waals surface area contributed by atoms with Gasteiger partial charge in [0.15, 0.2) is 0 Å². The summed E-state index contributed by atoms with van der Waals surface area (Å²) in [6.07, 6.45) is 4.91. The van der Waals surface area contributed by atoms with E-state index in [2.05, 4.69) is 12.2 Å². The van der Waals surface area contributed by atoms with Crippen molar-refractivity contribution < 1.29 is 4.39 Å². The highest BCUT2D eigenvalue weighted by molar-refractivity contribution is 5.24. The molecule has 16 heavy (non-hydrogen) atoms. The van der Waals surface area contributed by atoms with Gasteiger partial charge in [-0.15, -0.1) is 0 Å². The summed E-state index contributed by atoms with van der Waals surface area (Å²) in [4.78, 5) is 0. The molecule has 0 aliphatic heterocycles. The molecule has 0 aromatic heterocycles. The zero-order valence-corrected chi connectivity index (χ0v) is 10.1. The molecule has 1 nitrogen and oxygen atoms in total. The molecule has 1 aliphatic rings. The summed E-state index contributed by atoms with van der Waals surface area (Å²) < 4.78 is 13.5. The van der Waals surface area contributed by atoms with Crippen molar-refractivity contribution in [3.8, 4) is 0 Å². The van der Waals surface area contributed by atoms with Crippen LogP contribution in [0.25, 0.3) is 0 Å². The third kappa shape index (κ3) is 2.27. The monoisotopic (exact) mass is 221 g/mol. The van der Waals surface area contributed by atoms with E-state index in [-0.39, 0.29) is 11.4 Å². The molecule has 1 aromatic rings. The van der Waals surface area contributed by atoms with Crippen molar-refractivity contribution in [2.45, 2.75) is 51.6 Å². The summed E-state index contributed by atoms with van der Waals surface area (Å²) in [6.45, 7) is 4.86. The quantitative estimate of drug-likeness (QED) is 0.819. The van der Waals surface area contributed by atoms with Crippen molar-refractivity contribution in [1.29, 1.82) is 0 Å². The Bertz CT molecular complexity index is 363. The highest BCUT2D eigenvalue weighted by Crippen LogP contribution is 2.34. The molecular formula is C14H20FN. The standard InChI is InChI=1S/C14H20FN/c1-3-14(7-4-8-14)16-10-12-9-11(2)5-6-13(12)15/h5-6,9,16H,3-4,7-8,10H2,1-2H3. The van der Waals surface area contributed by atoms with Crippen molar-refractivity contribution in [1.82, 2.24) is 5.32 Å². The molecule has 0 atom stereocenters. The Morgan fingerprint density at radius 3 is 2.69 bits per heavy atom. The molecule has 0 unspecified atom stereocenters. The van der Waals surface area contributed by atoms with Crippen molar-refractivity contribution in [2.75, 3.05) is 0 Å². The topological polar surface area (TPSA) is 12.0 Å². The lowest BCUT2D eigenvalue weighted by atomic mass is 9.75. The zero-order chi connectivity index (χ0) is 11.6. The first-order chi connectivity index (χ1) is 7.65.